The van der Waals surface area contributed by atoms with Crippen LogP contribution in [0.25, 0.3) is 23.0 Å². The first-order chi connectivity index (χ1) is 18.5. The number of nitrogens with zero attached hydrogens (tertiary/aromatic N) is 2. The van der Waals surface area contributed by atoms with Crippen LogP contribution in [0.5, 0.6) is 0 Å². The summed E-state index contributed by atoms with van der Waals surface area (Å²) in [5.74, 6) is -0.696. The molecular formula is C29H23F3N4O3. The molecule has 0 spiro atoms. The van der Waals surface area contributed by atoms with Crippen molar-refractivity contribution < 1.29 is 22.8 Å². The van der Waals surface area contributed by atoms with Crippen molar-refractivity contribution >= 4 is 18.0 Å². The Morgan fingerprint density at radius 2 is 1.56 bits per heavy atom. The van der Waals surface area contributed by atoms with Crippen molar-refractivity contribution in [3.63, 3.8) is 0 Å². The monoisotopic (exact) mass is 532 g/mol. The number of urea groups is 1. The number of benzene rings is 3. The summed E-state index contributed by atoms with van der Waals surface area (Å²) in [5.41, 5.74) is 2.84. The standard InChI is InChI=1S/C29H23F3N4O3/c1-17-7-6-10-24(18(17)2)36-26(37)22(25(34-36)20-8-4-3-5-9-20)15-23-27(38)35(28(39)33-23)16-19-11-13-21(14-12-19)29(30,31)32/h3-15,34H,16H2,1-2H3,(H,33,39)/b23-15-. The highest BCUT2D eigenvalue weighted by Crippen LogP contribution is 2.30. The van der Waals surface area contributed by atoms with Crippen LogP contribution in [0, 0.1) is 13.8 Å². The molecule has 1 aliphatic heterocycles. The van der Waals surface area contributed by atoms with Gasteiger partial charge in [0.1, 0.15) is 5.70 Å². The molecule has 1 fully saturated rings. The van der Waals surface area contributed by atoms with Gasteiger partial charge in [0, 0.05) is 5.56 Å². The van der Waals surface area contributed by atoms with E-state index in [2.05, 4.69) is 10.4 Å². The number of imide groups is 1. The fourth-order valence-electron chi connectivity index (χ4n) is 4.40. The maximum atomic E-state index is 13.6. The Morgan fingerprint density at radius 3 is 2.23 bits per heavy atom. The van der Waals surface area contributed by atoms with Gasteiger partial charge in [0.2, 0.25) is 0 Å². The SMILES string of the molecule is Cc1cccc(-n2[nH]c(-c3ccccc3)c(/C=C3\NC(=O)N(Cc4ccc(C(F)(F)F)cc4)C3=O)c2=O)c1C. The molecule has 0 unspecified atom stereocenters. The number of hydrogen-bond donors (Lipinski definition) is 2. The van der Waals surface area contributed by atoms with Crippen LogP contribution >= 0.6 is 0 Å². The lowest BCUT2D eigenvalue weighted by atomic mass is 10.1. The van der Waals surface area contributed by atoms with Crippen LogP contribution in [0.15, 0.2) is 83.3 Å². The molecule has 7 nitrogen and oxygen atoms in total. The summed E-state index contributed by atoms with van der Waals surface area (Å²) < 4.78 is 40.0. The highest BCUT2D eigenvalue weighted by atomic mass is 19.4. The fraction of sp³-hybridized carbons (Fsp3) is 0.138. The summed E-state index contributed by atoms with van der Waals surface area (Å²) in [4.78, 5) is 40.3. The summed E-state index contributed by atoms with van der Waals surface area (Å²) >= 11 is 0. The molecule has 0 radical (unpaired) electrons. The van der Waals surface area contributed by atoms with Gasteiger partial charge >= 0.3 is 12.2 Å². The number of hydrogen-bond acceptors (Lipinski definition) is 3. The van der Waals surface area contributed by atoms with Crippen molar-refractivity contribution in [3.8, 4) is 16.9 Å². The minimum atomic E-state index is -4.49. The van der Waals surface area contributed by atoms with Gasteiger partial charge in [0.25, 0.3) is 11.5 Å². The number of aromatic amines is 1. The average Bonchev–Trinajstić information content (AvgIpc) is 3.37. The second-order valence-electron chi connectivity index (χ2n) is 9.20. The molecule has 0 aliphatic carbocycles. The van der Waals surface area contributed by atoms with Gasteiger partial charge in [-0.15, -0.1) is 0 Å². The van der Waals surface area contributed by atoms with Crippen molar-refractivity contribution in [3.05, 3.63) is 117 Å². The van der Waals surface area contributed by atoms with Crippen molar-refractivity contribution in [1.29, 1.82) is 0 Å². The lowest BCUT2D eigenvalue weighted by Gasteiger charge is -2.13. The van der Waals surface area contributed by atoms with E-state index in [4.69, 9.17) is 0 Å². The Labute approximate surface area is 221 Å². The predicted octanol–water partition coefficient (Wildman–Crippen LogP) is 5.56. The first-order valence-corrected chi connectivity index (χ1v) is 12.0. The third-order valence-electron chi connectivity index (χ3n) is 6.68. The molecule has 0 atom stereocenters. The fourth-order valence-corrected chi connectivity index (χ4v) is 4.40. The molecule has 2 N–H and O–H groups in total. The van der Waals surface area contributed by atoms with E-state index in [0.717, 1.165) is 28.2 Å². The second kappa shape index (κ2) is 9.79. The Balaban J connectivity index is 1.53. The van der Waals surface area contributed by atoms with Gasteiger partial charge in [-0.25, -0.2) is 9.48 Å². The van der Waals surface area contributed by atoms with Gasteiger partial charge in [-0.3, -0.25) is 19.6 Å². The first kappa shape index (κ1) is 25.8. The van der Waals surface area contributed by atoms with Crippen molar-refractivity contribution in [2.45, 2.75) is 26.6 Å². The number of nitrogens with one attached hydrogen (secondary N) is 2. The van der Waals surface area contributed by atoms with Crippen LogP contribution in [0.1, 0.15) is 27.8 Å². The minimum Gasteiger partial charge on any atom is -0.303 e. The topological polar surface area (TPSA) is 87.2 Å². The third-order valence-corrected chi connectivity index (χ3v) is 6.68. The van der Waals surface area contributed by atoms with Gasteiger partial charge in [-0.2, -0.15) is 13.2 Å². The number of amides is 3. The lowest BCUT2D eigenvalue weighted by Crippen LogP contribution is -2.30. The van der Waals surface area contributed by atoms with E-state index in [0.29, 0.717) is 22.5 Å². The maximum Gasteiger partial charge on any atom is 0.416 e. The summed E-state index contributed by atoms with van der Waals surface area (Å²) in [6.07, 6.45) is -3.16. The molecule has 1 aromatic heterocycles. The van der Waals surface area contributed by atoms with Crippen LogP contribution in [0.4, 0.5) is 18.0 Å². The largest absolute Gasteiger partial charge is 0.416 e. The summed E-state index contributed by atoms with van der Waals surface area (Å²) in [7, 11) is 0. The lowest BCUT2D eigenvalue weighted by molar-refractivity contribution is -0.137. The van der Waals surface area contributed by atoms with E-state index in [1.165, 1.54) is 22.9 Å². The molecule has 198 valence electrons. The molecule has 1 saturated heterocycles. The zero-order valence-corrected chi connectivity index (χ0v) is 21.0. The van der Waals surface area contributed by atoms with Crippen LogP contribution in [0.2, 0.25) is 0 Å². The number of halogens is 3. The van der Waals surface area contributed by atoms with Crippen LogP contribution in [0.3, 0.4) is 0 Å². The molecule has 10 heteroatoms. The number of carbonyl (C=O) groups is 2. The molecule has 39 heavy (non-hydrogen) atoms. The smallest absolute Gasteiger partial charge is 0.303 e. The molecule has 5 rings (SSSR count). The van der Waals surface area contributed by atoms with Gasteiger partial charge in [-0.1, -0.05) is 54.6 Å². The average molecular weight is 533 g/mol. The number of aryl methyl sites for hydroxylation is 1. The summed E-state index contributed by atoms with van der Waals surface area (Å²) in [6, 6.07) is 18.2. The van der Waals surface area contributed by atoms with Crippen molar-refractivity contribution in [1.82, 2.24) is 20.0 Å². The third kappa shape index (κ3) is 4.88. The molecule has 3 amide bonds. The predicted molar refractivity (Wildman–Crippen MR) is 140 cm³/mol. The highest BCUT2D eigenvalue weighted by molar-refractivity contribution is 6.14. The molecule has 1 aliphatic rings. The van der Waals surface area contributed by atoms with Gasteiger partial charge in [-0.05, 0) is 54.8 Å². The Hall–Kier alpha value is -4.86. The number of alkyl halides is 3. The minimum absolute atomic E-state index is 0.117. The van der Waals surface area contributed by atoms with Crippen molar-refractivity contribution in [2.24, 2.45) is 0 Å². The highest BCUT2D eigenvalue weighted by Gasteiger charge is 2.35. The van der Waals surface area contributed by atoms with Crippen molar-refractivity contribution in [2.75, 3.05) is 0 Å². The van der Waals surface area contributed by atoms with E-state index in [1.54, 1.807) is 6.07 Å². The summed E-state index contributed by atoms with van der Waals surface area (Å²) in [6.45, 7) is 3.61. The zero-order valence-electron chi connectivity index (χ0n) is 21.0. The number of H-pyrrole nitrogens is 1. The zero-order chi connectivity index (χ0) is 27.9. The molecule has 0 saturated carbocycles. The summed E-state index contributed by atoms with van der Waals surface area (Å²) in [5, 5.41) is 5.64. The molecule has 0 bridgehead atoms. The van der Waals surface area contributed by atoms with E-state index in [9.17, 15) is 27.6 Å². The van der Waals surface area contributed by atoms with Gasteiger partial charge in [0.15, 0.2) is 0 Å². The maximum absolute atomic E-state index is 13.6. The van der Waals surface area contributed by atoms with Gasteiger partial charge in [0.05, 0.1) is 29.1 Å². The number of aromatic nitrogens is 2. The van der Waals surface area contributed by atoms with E-state index in [-0.39, 0.29) is 17.8 Å². The molecule has 3 aromatic carbocycles. The number of carbonyl (C=O) groups excluding carboxylic acids is 2. The van der Waals surface area contributed by atoms with Crippen LogP contribution in [-0.4, -0.2) is 26.6 Å². The van der Waals surface area contributed by atoms with Gasteiger partial charge < -0.3 is 5.32 Å². The van der Waals surface area contributed by atoms with Crippen LogP contribution < -0.4 is 10.9 Å². The first-order valence-electron chi connectivity index (χ1n) is 12.0. The van der Waals surface area contributed by atoms with Crippen LogP contribution in [-0.2, 0) is 17.5 Å². The van der Waals surface area contributed by atoms with E-state index in [1.807, 2.05) is 56.3 Å². The Bertz CT molecular complexity index is 1670. The van der Waals surface area contributed by atoms with E-state index >= 15 is 0 Å². The normalized spacial score (nSPS) is 14.8. The molecule has 2 heterocycles. The molecule has 4 aromatic rings. The molecular weight excluding hydrogens is 509 g/mol. The quantitative estimate of drug-likeness (QED) is 0.261. The Kier molecular flexibility index (Phi) is 6.47. The van der Waals surface area contributed by atoms with E-state index < -0.39 is 29.2 Å². The Morgan fingerprint density at radius 1 is 0.872 bits per heavy atom. The second-order valence-corrected chi connectivity index (χ2v) is 9.20. The number of rotatable bonds is 5.